The quantitative estimate of drug-likeness (QED) is 0.948. The Bertz CT molecular complexity index is 871. The van der Waals surface area contributed by atoms with Crippen LogP contribution in [0.2, 0.25) is 0 Å². The van der Waals surface area contributed by atoms with Gasteiger partial charge in [-0.05, 0) is 63.5 Å². The van der Waals surface area contributed by atoms with E-state index in [1.165, 1.54) is 6.26 Å². The number of rotatable bonds is 3. The molecule has 1 atom stereocenters. The predicted octanol–water partition coefficient (Wildman–Crippen LogP) is 2.52. The van der Waals surface area contributed by atoms with Crippen LogP contribution in [0, 0.1) is 6.92 Å². The minimum Gasteiger partial charge on any atom is -0.358 e. The number of nitrogens with one attached hydrogen (secondary N) is 1. The van der Waals surface area contributed by atoms with Crippen molar-refractivity contribution in [1.29, 1.82) is 0 Å². The molecule has 0 radical (unpaired) electrons. The summed E-state index contributed by atoms with van der Waals surface area (Å²) in [5.41, 5.74) is 2.86. The Morgan fingerprint density at radius 1 is 1.48 bits per heavy atom. The van der Waals surface area contributed by atoms with Gasteiger partial charge in [-0.3, -0.25) is 0 Å². The smallest absolute Gasteiger partial charge is 0.175 e. The van der Waals surface area contributed by atoms with Crippen molar-refractivity contribution < 1.29 is 12.5 Å². The predicted molar refractivity (Wildman–Crippen MR) is 85.5 cm³/mol. The van der Waals surface area contributed by atoms with Gasteiger partial charge in [0.15, 0.2) is 9.84 Å². The third-order valence-electron chi connectivity index (χ3n) is 4.34. The summed E-state index contributed by atoms with van der Waals surface area (Å²) in [6.07, 6.45) is 3.52. The van der Waals surface area contributed by atoms with Crippen molar-refractivity contribution in [3.63, 3.8) is 0 Å². The highest BCUT2D eigenvalue weighted by molar-refractivity contribution is 7.90. The molecule has 0 spiro atoms. The van der Waals surface area contributed by atoms with Crippen molar-refractivity contribution in [2.75, 3.05) is 19.8 Å². The zero-order chi connectivity index (χ0) is 17.7. The van der Waals surface area contributed by atoms with Crippen LogP contribution in [0.4, 0.5) is 0 Å². The molecule has 1 saturated heterocycles. The molecular formula is C16H22N2O2S. The fourth-order valence-corrected chi connectivity index (χ4v) is 3.79. The summed E-state index contributed by atoms with van der Waals surface area (Å²) in [7, 11) is -3.28. The van der Waals surface area contributed by atoms with E-state index in [9.17, 15) is 8.42 Å². The van der Waals surface area contributed by atoms with Crippen LogP contribution in [0.3, 0.4) is 0 Å². The largest absolute Gasteiger partial charge is 0.358 e. The molecule has 4 nitrogen and oxygen atoms in total. The average Bonchev–Trinajstić information content (AvgIpc) is 3.03. The topological polar surface area (TPSA) is 53.2 Å². The van der Waals surface area contributed by atoms with Crippen molar-refractivity contribution in [3.05, 3.63) is 29.5 Å². The normalized spacial score (nSPS) is 23.1. The van der Waals surface area contributed by atoms with Gasteiger partial charge in [0.1, 0.15) is 0 Å². The maximum absolute atomic E-state index is 11.8. The number of hydrogen-bond donors (Lipinski definition) is 1. The fraction of sp³-hybridized carbons (Fsp3) is 0.500. The zero-order valence-corrected chi connectivity index (χ0v) is 13.1. The molecule has 0 aliphatic carbocycles. The Morgan fingerprint density at radius 2 is 2.29 bits per heavy atom. The van der Waals surface area contributed by atoms with Gasteiger partial charge in [0, 0.05) is 33.0 Å². The number of sulfone groups is 1. The van der Waals surface area contributed by atoms with Crippen LogP contribution in [-0.4, -0.2) is 44.1 Å². The molecule has 3 rings (SSSR count). The highest BCUT2D eigenvalue weighted by Crippen LogP contribution is 2.29. The first-order valence-electron chi connectivity index (χ1n) is 8.65. The van der Waals surface area contributed by atoms with Crippen LogP contribution >= 0.6 is 0 Å². The second-order valence-corrected chi connectivity index (χ2v) is 7.92. The van der Waals surface area contributed by atoms with Crippen LogP contribution in [0.1, 0.15) is 28.2 Å². The highest BCUT2D eigenvalue weighted by atomic mass is 32.2. The van der Waals surface area contributed by atoms with Crippen molar-refractivity contribution in [1.82, 2.24) is 9.88 Å². The molecule has 1 fully saturated rings. The van der Waals surface area contributed by atoms with Crippen molar-refractivity contribution in [2.45, 2.75) is 37.1 Å². The molecule has 1 aliphatic rings. The number of aryl methyl sites for hydroxylation is 1. The van der Waals surface area contributed by atoms with Crippen molar-refractivity contribution >= 4 is 20.7 Å². The first-order chi connectivity index (χ1) is 11.1. The van der Waals surface area contributed by atoms with Gasteiger partial charge in [-0.25, -0.2) is 8.42 Å². The Labute approximate surface area is 130 Å². The van der Waals surface area contributed by atoms with E-state index in [1.54, 1.807) is 23.1 Å². The SMILES string of the molecule is [2H]C([2H])([2H])N1CCC[C@@H]1Cc1c(C)[nH]c2ccc(S(C)(=O)=O)cc12. The van der Waals surface area contributed by atoms with Gasteiger partial charge >= 0.3 is 0 Å². The molecule has 21 heavy (non-hydrogen) atoms. The number of aromatic nitrogens is 1. The van der Waals surface area contributed by atoms with Crippen molar-refractivity contribution in [3.8, 4) is 0 Å². The number of benzene rings is 1. The number of likely N-dealkylation sites (N-methyl/N-ethyl adjacent to an activating group) is 1. The van der Waals surface area contributed by atoms with Gasteiger partial charge in [0.05, 0.1) is 4.90 Å². The number of fused-ring (bicyclic) bond motifs is 1. The molecule has 2 aromatic rings. The minimum atomic E-state index is -3.28. The molecule has 1 N–H and O–H groups in total. The van der Waals surface area contributed by atoms with E-state index < -0.39 is 16.8 Å². The van der Waals surface area contributed by atoms with Gasteiger partial charge in [-0.1, -0.05) is 0 Å². The molecule has 0 amide bonds. The molecule has 114 valence electrons. The maximum Gasteiger partial charge on any atom is 0.175 e. The van der Waals surface area contributed by atoms with E-state index in [0.717, 1.165) is 35.0 Å². The molecule has 1 aliphatic heterocycles. The third kappa shape index (κ3) is 2.72. The molecule has 0 unspecified atom stereocenters. The van der Waals surface area contributed by atoms with Gasteiger partial charge in [0.2, 0.25) is 0 Å². The fourth-order valence-electron chi connectivity index (χ4n) is 3.14. The van der Waals surface area contributed by atoms with Crippen LogP contribution in [-0.2, 0) is 16.3 Å². The van der Waals surface area contributed by atoms with Gasteiger partial charge in [-0.15, -0.1) is 0 Å². The highest BCUT2D eigenvalue weighted by Gasteiger charge is 2.23. The summed E-state index contributed by atoms with van der Waals surface area (Å²) >= 11 is 0. The first-order valence-corrected chi connectivity index (χ1v) is 9.04. The third-order valence-corrected chi connectivity index (χ3v) is 5.45. The van der Waals surface area contributed by atoms with E-state index in [4.69, 9.17) is 4.11 Å². The van der Waals surface area contributed by atoms with E-state index >= 15 is 0 Å². The number of hydrogen-bond acceptors (Lipinski definition) is 3. The lowest BCUT2D eigenvalue weighted by Gasteiger charge is -2.19. The second-order valence-electron chi connectivity index (χ2n) is 5.90. The Hall–Kier alpha value is -1.33. The van der Waals surface area contributed by atoms with Crippen LogP contribution < -0.4 is 0 Å². The second kappa shape index (κ2) is 5.14. The minimum absolute atomic E-state index is 0.0444. The Balaban J connectivity index is 2.01. The number of nitrogens with zero attached hydrogens (tertiary/aromatic N) is 1. The van der Waals surface area contributed by atoms with E-state index in [1.807, 2.05) is 6.92 Å². The molecule has 2 heterocycles. The first kappa shape index (κ1) is 11.3. The summed E-state index contributed by atoms with van der Waals surface area (Å²) in [6, 6.07) is 5.02. The molecule has 1 aromatic carbocycles. The Kier molecular flexibility index (Phi) is 2.76. The monoisotopic (exact) mass is 309 g/mol. The molecule has 1 aromatic heterocycles. The summed E-state index contributed by atoms with van der Waals surface area (Å²) in [5, 5.41) is 0.868. The van der Waals surface area contributed by atoms with Crippen molar-refractivity contribution in [2.24, 2.45) is 0 Å². The number of likely N-dealkylation sites (tertiary alicyclic amines) is 1. The van der Waals surface area contributed by atoms with Gasteiger partial charge in [-0.2, -0.15) is 0 Å². The molecule has 0 saturated carbocycles. The van der Waals surface area contributed by atoms with Crippen LogP contribution in [0.15, 0.2) is 23.1 Å². The molecular weight excluding hydrogens is 284 g/mol. The van der Waals surface area contributed by atoms with Crippen LogP contribution in [0.25, 0.3) is 10.9 Å². The van der Waals surface area contributed by atoms with E-state index in [2.05, 4.69) is 4.98 Å². The van der Waals surface area contributed by atoms with E-state index in [0.29, 0.717) is 13.0 Å². The summed E-state index contributed by atoms with van der Waals surface area (Å²) in [6.45, 7) is 0.445. The standard InChI is InChI=1S/C16H22N2O2S/c1-11-14(9-12-5-4-8-18(12)2)15-10-13(21(3,19)20)6-7-16(15)17-11/h6-7,10,12,17H,4-5,8-9H2,1-3H3/t12-/m1/s1/i2D3. The average molecular weight is 309 g/mol. The molecule has 5 heteroatoms. The lowest BCUT2D eigenvalue weighted by Crippen LogP contribution is -2.26. The van der Waals surface area contributed by atoms with Crippen LogP contribution in [0.5, 0.6) is 0 Å². The number of aromatic amines is 1. The zero-order valence-electron chi connectivity index (χ0n) is 15.3. The summed E-state index contributed by atoms with van der Waals surface area (Å²) < 4.78 is 46.7. The van der Waals surface area contributed by atoms with Gasteiger partial charge < -0.3 is 9.88 Å². The molecule has 0 bridgehead atoms. The summed E-state index contributed by atoms with van der Waals surface area (Å²) in [5.74, 6) is 0. The summed E-state index contributed by atoms with van der Waals surface area (Å²) in [4.78, 5) is 5.15. The van der Waals surface area contributed by atoms with E-state index in [-0.39, 0.29) is 10.9 Å². The maximum atomic E-state index is 11.8. The Morgan fingerprint density at radius 3 is 3.00 bits per heavy atom. The van der Waals surface area contributed by atoms with Gasteiger partial charge in [0.25, 0.3) is 0 Å². The lowest BCUT2D eigenvalue weighted by atomic mass is 10.0. The lowest BCUT2D eigenvalue weighted by molar-refractivity contribution is 0.309. The number of H-pyrrole nitrogens is 1.